The Balaban J connectivity index is 2.05. The average molecular weight is 334 g/mol. The van der Waals surface area contributed by atoms with Gasteiger partial charge in [-0.15, -0.1) is 0 Å². The Kier molecular flexibility index (Phi) is 6.29. The van der Waals surface area contributed by atoms with Gasteiger partial charge in [-0.05, 0) is 43.7 Å². The SMILES string of the molecule is CCOc1ccc(NC(=O)Cc2ccc(Cl)cc2)cc1OCC. The highest BCUT2D eigenvalue weighted by atomic mass is 35.5. The Bertz CT molecular complexity index is 656. The Morgan fingerprint density at radius 1 is 1.00 bits per heavy atom. The molecule has 1 amide bonds. The van der Waals surface area contributed by atoms with E-state index in [2.05, 4.69) is 5.32 Å². The molecule has 0 aliphatic heterocycles. The van der Waals surface area contributed by atoms with E-state index in [0.29, 0.717) is 35.4 Å². The normalized spacial score (nSPS) is 10.2. The van der Waals surface area contributed by atoms with Crippen molar-refractivity contribution in [1.82, 2.24) is 0 Å². The first-order valence-corrected chi connectivity index (χ1v) is 7.94. The van der Waals surface area contributed by atoms with Crippen LogP contribution in [0.4, 0.5) is 5.69 Å². The molecule has 23 heavy (non-hydrogen) atoms. The zero-order chi connectivity index (χ0) is 16.7. The lowest BCUT2D eigenvalue weighted by atomic mass is 10.1. The molecule has 0 fully saturated rings. The maximum Gasteiger partial charge on any atom is 0.228 e. The van der Waals surface area contributed by atoms with Crippen LogP contribution in [0.5, 0.6) is 11.5 Å². The molecule has 0 bridgehead atoms. The fourth-order valence-corrected chi connectivity index (χ4v) is 2.25. The zero-order valence-electron chi connectivity index (χ0n) is 13.3. The Morgan fingerprint density at radius 3 is 2.30 bits per heavy atom. The van der Waals surface area contributed by atoms with Gasteiger partial charge in [0.2, 0.25) is 5.91 Å². The highest BCUT2D eigenvalue weighted by Gasteiger charge is 2.09. The number of rotatable bonds is 7. The molecular formula is C18H20ClNO3. The van der Waals surface area contributed by atoms with Crippen LogP contribution in [0.3, 0.4) is 0 Å². The Hall–Kier alpha value is -2.20. The summed E-state index contributed by atoms with van der Waals surface area (Å²) in [5, 5.41) is 3.52. The number of benzene rings is 2. The maximum atomic E-state index is 12.1. The number of hydrogen-bond acceptors (Lipinski definition) is 3. The fraction of sp³-hybridized carbons (Fsp3) is 0.278. The summed E-state index contributed by atoms with van der Waals surface area (Å²) in [6.45, 7) is 4.91. The van der Waals surface area contributed by atoms with Crippen LogP contribution in [0, 0.1) is 0 Å². The zero-order valence-corrected chi connectivity index (χ0v) is 14.0. The maximum absolute atomic E-state index is 12.1. The summed E-state index contributed by atoms with van der Waals surface area (Å²) in [6, 6.07) is 12.6. The molecule has 4 nitrogen and oxygen atoms in total. The van der Waals surface area contributed by atoms with E-state index in [-0.39, 0.29) is 12.3 Å². The van der Waals surface area contributed by atoms with E-state index in [1.165, 1.54) is 0 Å². The van der Waals surface area contributed by atoms with Crippen LogP contribution in [-0.4, -0.2) is 19.1 Å². The van der Waals surface area contributed by atoms with Gasteiger partial charge in [-0.1, -0.05) is 23.7 Å². The van der Waals surface area contributed by atoms with Crippen LogP contribution < -0.4 is 14.8 Å². The van der Waals surface area contributed by atoms with Crippen LogP contribution >= 0.6 is 11.6 Å². The van der Waals surface area contributed by atoms with Crippen molar-refractivity contribution < 1.29 is 14.3 Å². The standard InChI is InChI=1S/C18H20ClNO3/c1-3-22-16-10-9-15(12-17(16)23-4-2)20-18(21)11-13-5-7-14(19)8-6-13/h5-10,12H,3-4,11H2,1-2H3,(H,20,21). The smallest absolute Gasteiger partial charge is 0.228 e. The minimum atomic E-state index is -0.0982. The topological polar surface area (TPSA) is 47.6 Å². The summed E-state index contributed by atoms with van der Waals surface area (Å²) >= 11 is 5.84. The van der Waals surface area contributed by atoms with Gasteiger partial charge in [-0.3, -0.25) is 4.79 Å². The summed E-state index contributed by atoms with van der Waals surface area (Å²) in [4.78, 5) is 12.1. The molecule has 0 spiro atoms. The molecule has 5 heteroatoms. The lowest BCUT2D eigenvalue weighted by Crippen LogP contribution is -2.14. The quantitative estimate of drug-likeness (QED) is 0.821. The van der Waals surface area contributed by atoms with Crippen molar-refractivity contribution in [2.24, 2.45) is 0 Å². The molecule has 0 atom stereocenters. The van der Waals surface area contributed by atoms with Gasteiger partial charge in [0.15, 0.2) is 11.5 Å². The van der Waals surface area contributed by atoms with Crippen molar-refractivity contribution in [1.29, 1.82) is 0 Å². The summed E-state index contributed by atoms with van der Waals surface area (Å²) in [6.07, 6.45) is 0.286. The van der Waals surface area contributed by atoms with Crippen molar-refractivity contribution in [3.8, 4) is 11.5 Å². The number of carbonyl (C=O) groups excluding carboxylic acids is 1. The molecular weight excluding hydrogens is 314 g/mol. The third-order valence-electron chi connectivity index (χ3n) is 3.11. The summed E-state index contributed by atoms with van der Waals surface area (Å²) in [5.74, 6) is 1.20. The van der Waals surface area contributed by atoms with Gasteiger partial charge in [0, 0.05) is 16.8 Å². The number of ether oxygens (including phenoxy) is 2. The van der Waals surface area contributed by atoms with Crippen LogP contribution in [0.25, 0.3) is 0 Å². The average Bonchev–Trinajstić information content (AvgIpc) is 2.52. The van der Waals surface area contributed by atoms with Gasteiger partial charge in [0.05, 0.1) is 19.6 Å². The second-order valence-corrected chi connectivity index (χ2v) is 5.32. The lowest BCUT2D eigenvalue weighted by Gasteiger charge is -2.13. The van der Waals surface area contributed by atoms with Gasteiger partial charge in [-0.25, -0.2) is 0 Å². The Morgan fingerprint density at radius 2 is 1.65 bits per heavy atom. The number of carbonyl (C=O) groups is 1. The fourth-order valence-electron chi connectivity index (χ4n) is 2.12. The van der Waals surface area contributed by atoms with Gasteiger partial charge in [0.25, 0.3) is 0 Å². The van der Waals surface area contributed by atoms with Gasteiger partial charge < -0.3 is 14.8 Å². The molecule has 2 aromatic carbocycles. The Labute approximate surface area is 141 Å². The third kappa shape index (κ3) is 5.18. The van der Waals surface area contributed by atoms with Crippen LogP contribution in [-0.2, 0) is 11.2 Å². The lowest BCUT2D eigenvalue weighted by molar-refractivity contribution is -0.115. The second kappa shape index (κ2) is 8.44. The van der Waals surface area contributed by atoms with Crippen molar-refractivity contribution in [3.05, 3.63) is 53.1 Å². The molecule has 0 aliphatic rings. The van der Waals surface area contributed by atoms with Crippen molar-refractivity contribution in [3.63, 3.8) is 0 Å². The molecule has 0 unspecified atom stereocenters. The van der Waals surface area contributed by atoms with E-state index in [1.54, 1.807) is 30.3 Å². The highest BCUT2D eigenvalue weighted by molar-refractivity contribution is 6.30. The number of hydrogen-bond donors (Lipinski definition) is 1. The highest BCUT2D eigenvalue weighted by Crippen LogP contribution is 2.30. The minimum Gasteiger partial charge on any atom is -0.490 e. The summed E-state index contributed by atoms with van der Waals surface area (Å²) in [7, 11) is 0. The first-order chi connectivity index (χ1) is 11.1. The molecule has 0 aliphatic carbocycles. The molecule has 0 saturated carbocycles. The third-order valence-corrected chi connectivity index (χ3v) is 3.36. The van der Waals surface area contributed by atoms with E-state index < -0.39 is 0 Å². The van der Waals surface area contributed by atoms with Crippen molar-refractivity contribution >= 4 is 23.2 Å². The van der Waals surface area contributed by atoms with E-state index in [4.69, 9.17) is 21.1 Å². The molecule has 2 rings (SSSR count). The molecule has 0 heterocycles. The second-order valence-electron chi connectivity index (χ2n) is 4.88. The van der Waals surface area contributed by atoms with Crippen molar-refractivity contribution in [2.75, 3.05) is 18.5 Å². The van der Waals surface area contributed by atoms with E-state index in [9.17, 15) is 4.79 Å². The first kappa shape index (κ1) is 17.2. The first-order valence-electron chi connectivity index (χ1n) is 7.56. The largest absolute Gasteiger partial charge is 0.490 e. The number of nitrogens with one attached hydrogen (secondary N) is 1. The molecule has 1 N–H and O–H groups in total. The predicted octanol–water partition coefficient (Wildman–Crippen LogP) is 4.32. The molecule has 122 valence electrons. The number of anilines is 1. The van der Waals surface area contributed by atoms with Crippen molar-refractivity contribution in [2.45, 2.75) is 20.3 Å². The van der Waals surface area contributed by atoms with Gasteiger partial charge in [0.1, 0.15) is 0 Å². The summed E-state index contributed by atoms with van der Waals surface area (Å²) in [5.41, 5.74) is 1.58. The van der Waals surface area contributed by atoms with Gasteiger partial charge in [-0.2, -0.15) is 0 Å². The molecule has 0 aromatic heterocycles. The molecule has 0 saturated heterocycles. The van der Waals surface area contributed by atoms with Crippen LogP contribution in [0.15, 0.2) is 42.5 Å². The van der Waals surface area contributed by atoms with Crippen LogP contribution in [0.1, 0.15) is 19.4 Å². The molecule has 0 radical (unpaired) electrons. The predicted molar refractivity (Wildman–Crippen MR) is 92.6 cm³/mol. The molecule has 2 aromatic rings. The minimum absolute atomic E-state index is 0.0982. The monoisotopic (exact) mass is 333 g/mol. The van der Waals surface area contributed by atoms with E-state index in [0.717, 1.165) is 5.56 Å². The van der Waals surface area contributed by atoms with Crippen LogP contribution in [0.2, 0.25) is 5.02 Å². The van der Waals surface area contributed by atoms with E-state index in [1.807, 2.05) is 26.0 Å². The number of halogens is 1. The summed E-state index contributed by atoms with van der Waals surface area (Å²) < 4.78 is 11.1. The number of amides is 1. The van der Waals surface area contributed by atoms with Gasteiger partial charge >= 0.3 is 0 Å². The van der Waals surface area contributed by atoms with E-state index >= 15 is 0 Å².